The standard InChI is InChI=1S/C17H17ClN2O2/c1-22-16-9-5-3-7-14(16)12-20-17(21)19-11-10-13-6-2-4-8-15(13)18/h2-11H,12H2,1H3,(H2,19,20,21)/b11-10+. The van der Waals surface area contributed by atoms with Gasteiger partial charge in [0.05, 0.1) is 7.11 Å². The molecule has 0 heterocycles. The van der Waals surface area contributed by atoms with E-state index in [-0.39, 0.29) is 6.03 Å². The van der Waals surface area contributed by atoms with Crippen LogP contribution in [0.15, 0.2) is 54.7 Å². The molecule has 0 unspecified atom stereocenters. The first-order chi connectivity index (χ1) is 10.7. The van der Waals surface area contributed by atoms with Crippen molar-refractivity contribution < 1.29 is 9.53 Å². The van der Waals surface area contributed by atoms with Gasteiger partial charge < -0.3 is 15.4 Å². The van der Waals surface area contributed by atoms with Crippen LogP contribution in [0.1, 0.15) is 11.1 Å². The number of urea groups is 1. The lowest BCUT2D eigenvalue weighted by Crippen LogP contribution is -2.31. The second-order valence-electron chi connectivity index (χ2n) is 4.49. The molecular formula is C17H17ClN2O2. The number of hydrogen-bond donors (Lipinski definition) is 2. The molecule has 2 N–H and O–H groups in total. The van der Waals surface area contributed by atoms with E-state index >= 15 is 0 Å². The van der Waals surface area contributed by atoms with Gasteiger partial charge in [0.1, 0.15) is 5.75 Å². The highest BCUT2D eigenvalue weighted by Crippen LogP contribution is 2.17. The summed E-state index contributed by atoms with van der Waals surface area (Å²) < 4.78 is 5.23. The third kappa shape index (κ3) is 4.53. The van der Waals surface area contributed by atoms with E-state index in [0.29, 0.717) is 11.6 Å². The van der Waals surface area contributed by atoms with Gasteiger partial charge in [-0.3, -0.25) is 0 Å². The minimum absolute atomic E-state index is 0.297. The molecular weight excluding hydrogens is 300 g/mol. The Kier molecular flexibility index (Phi) is 5.86. The molecule has 2 amide bonds. The van der Waals surface area contributed by atoms with Crippen molar-refractivity contribution in [1.29, 1.82) is 0 Å². The molecule has 0 fully saturated rings. The lowest BCUT2D eigenvalue weighted by molar-refractivity contribution is 0.243. The van der Waals surface area contributed by atoms with E-state index < -0.39 is 0 Å². The lowest BCUT2D eigenvalue weighted by Gasteiger charge is -2.09. The number of rotatable bonds is 5. The van der Waals surface area contributed by atoms with Crippen molar-refractivity contribution in [2.24, 2.45) is 0 Å². The maximum Gasteiger partial charge on any atom is 0.319 e. The molecule has 2 rings (SSSR count). The molecule has 0 aliphatic rings. The normalized spacial score (nSPS) is 10.5. The number of ether oxygens (including phenoxy) is 1. The van der Waals surface area contributed by atoms with Gasteiger partial charge in [0.2, 0.25) is 0 Å². The van der Waals surface area contributed by atoms with Crippen LogP contribution in [-0.4, -0.2) is 13.1 Å². The molecule has 0 aromatic heterocycles. The molecule has 0 aliphatic heterocycles. The van der Waals surface area contributed by atoms with Crippen molar-refractivity contribution in [3.8, 4) is 5.75 Å². The van der Waals surface area contributed by atoms with Gasteiger partial charge in [-0.2, -0.15) is 0 Å². The molecule has 0 bridgehead atoms. The fourth-order valence-electron chi connectivity index (χ4n) is 1.89. The Morgan fingerprint density at radius 3 is 2.68 bits per heavy atom. The monoisotopic (exact) mass is 316 g/mol. The molecule has 2 aromatic carbocycles. The minimum atomic E-state index is -0.297. The second-order valence-corrected chi connectivity index (χ2v) is 4.90. The average Bonchev–Trinajstić information content (AvgIpc) is 2.55. The van der Waals surface area contributed by atoms with Crippen LogP contribution in [0, 0.1) is 0 Å². The summed E-state index contributed by atoms with van der Waals surface area (Å²) in [5.41, 5.74) is 1.75. The number of para-hydroxylation sites is 1. The zero-order valence-electron chi connectivity index (χ0n) is 12.2. The van der Waals surface area contributed by atoms with Crippen LogP contribution in [0.3, 0.4) is 0 Å². The first kappa shape index (κ1) is 15.9. The van der Waals surface area contributed by atoms with Crippen LogP contribution < -0.4 is 15.4 Å². The van der Waals surface area contributed by atoms with E-state index in [0.717, 1.165) is 16.9 Å². The Labute approximate surface area is 134 Å². The van der Waals surface area contributed by atoms with Crippen molar-refractivity contribution in [3.05, 3.63) is 70.9 Å². The zero-order valence-corrected chi connectivity index (χ0v) is 12.9. The van der Waals surface area contributed by atoms with Crippen LogP contribution in [0.4, 0.5) is 4.79 Å². The zero-order chi connectivity index (χ0) is 15.8. The Morgan fingerprint density at radius 1 is 1.18 bits per heavy atom. The highest BCUT2D eigenvalue weighted by molar-refractivity contribution is 6.32. The van der Waals surface area contributed by atoms with Gasteiger partial charge in [-0.1, -0.05) is 48.0 Å². The van der Waals surface area contributed by atoms with Gasteiger partial charge in [-0.25, -0.2) is 4.79 Å². The van der Waals surface area contributed by atoms with Crippen LogP contribution in [0.2, 0.25) is 5.02 Å². The molecule has 0 saturated carbocycles. The molecule has 2 aromatic rings. The summed E-state index contributed by atoms with van der Waals surface area (Å²) in [6.07, 6.45) is 3.30. The largest absolute Gasteiger partial charge is 0.496 e. The van der Waals surface area contributed by atoms with Crippen LogP contribution in [0.5, 0.6) is 5.75 Å². The molecule has 4 nitrogen and oxygen atoms in total. The van der Waals surface area contributed by atoms with Gasteiger partial charge >= 0.3 is 6.03 Å². The van der Waals surface area contributed by atoms with Gasteiger partial charge in [0, 0.05) is 23.3 Å². The van der Waals surface area contributed by atoms with E-state index in [1.165, 1.54) is 0 Å². The minimum Gasteiger partial charge on any atom is -0.496 e. The molecule has 114 valence electrons. The Balaban J connectivity index is 1.85. The quantitative estimate of drug-likeness (QED) is 0.881. The topological polar surface area (TPSA) is 50.4 Å². The lowest BCUT2D eigenvalue weighted by atomic mass is 10.2. The summed E-state index contributed by atoms with van der Waals surface area (Å²) >= 11 is 6.02. The van der Waals surface area contributed by atoms with Gasteiger partial charge in [-0.05, 0) is 23.8 Å². The van der Waals surface area contributed by atoms with Crippen LogP contribution in [0.25, 0.3) is 6.08 Å². The highest BCUT2D eigenvalue weighted by Gasteiger charge is 2.03. The number of benzene rings is 2. The van der Waals surface area contributed by atoms with Gasteiger partial charge in [0.15, 0.2) is 0 Å². The average molecular weight is 317 g/mol. The van der Waals surface area contributed by atoms with Crippen LogP contribution >= 0.6 is 11.6 Å². The summed E-state index contributed by atoms with van der Waals surface area (Å²) in [5, 5.41) is 6.03. The van der Waals surface area contributed by atoms with Gasteiger partial charge in [-0.15, -0.1) is 0 Å². The maximum atomic E-state index is 11.7. The second kappa shape index (κ2) is 8.10. The fourth-order valence-corrected chi connectivity index (χ4v) is 2.09. The number of nitrogens with one attached hydrogen (secondary N) is 2. The summed E-state index contributed by atoms with van der Waals surface area (Å²) in [6.45, 7) is 0.385. The first-order valence-corrected chi connectivity index (χ1v) is 7.16. The third-order valence-corrected chi connectivity index (χ3v) is 3.36. The van der Waals surface area contributed by atoms with E-state index in [1.54, 1.807) is 25.5 Å². The predicted molar refractivity (Wildman–Crippen MR) is 88.9 cm³/mol. The van der Waals surface area contributed by atoms with E-state index in [2.05, 4.69) is 10.6 Å². The molecule has 0 radical (unpaired) electrons. The fraction of sp³-hybridized carbons (Fsp3) is 0.118. The summed E-state index contributed by atoms with van der Waals surface area (Å²) in [5.74, 6) is 0.745. The number of amides is 2. The van der Waals surface area contributed by atoms with Crippen molar-refractivity contribution in [2.75, 3.05) is 7.11 Å². The predicted octanol–water partition coefficient (Wildman–Crippen LogP) is 3.82. The first-order valence-electron chi connectivity index (χ1n) is 6.78. The molecule has 5 heteroatoms. The van der Waals surface area contributed by atoms with E-state index in [9.17, 15) is 4.79 Å². The Hall–Kier alpha value is -2.46. The SMILES string of the molecule is COc1ccccc1CNC(=O)N/C=C/c1ccccc1Cl. The van der Waals surface area contributed by atoms with Crippen molar-refractivity contribution in [3.63, 3.8) is 0 Å². The number of halogens is 1. The summed E-state index contributed by atoms with van der Waals surface area (Å²) in [6, 6.07) is 14.6. The number of carbonyl (C=O) groups excluding carboxylic acids is 1. The highest BCUT2D eigenvalue weighted by atomic mass is 35.5. The van der Waals surface area contributed by atoms with E-state index in [4.69, 9.17) is 16.3 Å². The Bertz CT molecular complexity index is 671. The number of methoxy groups -OCH3 is 1. The van der Waals surface area contributed by atoms with Crippen molar-refractivity contribution in [1.82, 2.24) is 10.6 Å². The third-order valence-electron chi connectivity index (χ3n) is 3.01. The smallest absolute Gasteiger partial charge is 0.319 e. The molecule has 0 spiro atoms. The number of carbonyl (C=O) groups is 1. The maximum absolute atomic E-state index is 11.7. The van der Waals surface area contributed by atoms with Crippen LogP contribution in [-0.2, 0) is 6.54 Å². The summed E-state index contributed by atoms with van der Waals surface area (Å²) in [4.78, 5) is 11.7. The Morgan fingerprint density at radius 2 is 1.91 bits per heavy atom. The molecule has 0 atom stereocenters. The molecule has 22 heavy (non-hydrogen) atoms. The summed E-state index contributed by atoms with van der Waals surface area (Å²) in [7, 11) is 1.60. The van der Waals surface area contributed by atoms with E-state index in [1.807, 2.05) is 42.5 Å². The molecule has 0 saturated heterocycles. The van der Waals surface area contributed by atoms with Crippen molar-refractivity contribution >= 4 is 23.7 Å². The van der Waals surface area contributed by atoms with Crippen molar-refractivity contribution in [2.45, 2.75) is 6.54 Å². The van der Waals surface area contributed by atoms with Gasteiger partial charge in [0.25, 0.3) is 0 Å². The molecule has 0 aliphatic carbocycles. The number of hydrogen-bond acceptors (Lipinski definition) is 2.